The number of hydroxylamine groups is 1. The SMILES string of the molecule is CC(C)C[C@@H](C(=O)NN)[C@H](C(=O)NO)C(/C=C/c1ccccc1)(CC(C)C)C(=O)C1CCOC1. The minimum absolute atomic E-state index is 0.0151. The van der Waals surface area contributed by atoms with Gasteiger partial charge in [0.2, 0.25) is 11.8 Å². The van der Waals surface area contributed by atoms with E-state index in [1.54, 1.807) is 11.6 Å². The van der Waals surface area contributed by atoms with Gasteiger partial charge in [-0.3, -0.25) is 25.0 Å². The van der Waals surface area contributed by atoms with Crippen LogP contribution in [0.1, 0.15) is 52.5 Å². The van der Waals surface area contributed by atoms with Gasteiger partial charge in [0.25, 0.3) is 0 Å². The third-order valence-corrected chi connectivity index (χ3v) is 6.43. The fourth-order valence-corrected chi connectivity index (χ4v) is 5.10. The Bertz CT molecular complexity index is 849. The maximum absolute atomic E-state index is 14.2. The van der Waals surface area contributed by atoms with E-state index < -0.39 is 35.0 Å². The largest absolute Gasteiger partial charge is 0.381 e. The van der Waals surface area contributed by atoms with Gasteiger partial charge in [-0.1, -0.05) is 70.2 Å². The maximum atomic E-state index is 14.2. The molecule has 4 atom stereocenters. The standard InChI is InChI=1S/C26H39N3O5/c1-17(2)14-21(24(31)28-27)22(25(32)29-33)26(15-18(3)4,23(30)20-11-13-34-16-20)12-10-19-8-6-5-7-9-19/h5-10,12,17-18,20-22,33H,11,13-16,27H2,1-4H3,(H,28,31)(H,29,32)/b12-10+/t20?,21-,22-,26?/m1/s1. The minimum Gasteiger partial charge on any atom is -0.381 e. The highest BCUT2D eigenvalue weighted by Gasteiger charge is 2.54. The van der Waals surface area contributed by atoms with Crippen molar-refractivity contribution >= 4 is 23.7 Å². The molecule has 2 rings (SSSR count). The van der Waals surface area contributed by atoms with E-state index >= 15 is 0 Å². The summed E-state index contributed by atoms with van der Waals surface area (Å²) in [6.45, 7) is 8.54. The molecule has 0 radical (unpaired) electrons. The summed E-state index contributed by atoms with van der Waals surface area (Å²) in [6, 6.07) is 9.47. The van der Waals surface area contributed by atoms with Crippen LogP contribution >= 0.6 is 0 Å². The van der Waals surface area contributed by atoms with Crippen LogP contribution in [0.4, 0.5) is 0 Å². The lowest BCUT2D eigenvalue weighted by Gasteiger charge is -2.42. The molecule has 5 N–H and O–H groups in total. The zero-order valence-corrected chi connectivity index (χ0v) is 20.6. The fraction of sp³-hybridized carbons (Fsp3) is 0.577. The Labute approximate surface area is 202 Å². The molecule has 1 aromatic carbocycles. The summed E-state index contributed by atoms with van der Waals surface area (Å²) in [7, 11) is 0. The Hall–Kier alpha value is -2.55. The first kappa shape index (κ1) is 27.7. The zero-order chi connectivity index (χ0) is 25.3. The summed E-state index contributed by atoms with van der Waals surface area (Å²) in [5.41, 5.74) is 3.42. The third kappa shape index (κ3) is 6.74. The van der Waals surface area contributed by atoms with Crippen LogP contribution in [0.2, 0.25) is 0 Å². The first-order valence-corrected chi connectivity index (χ1v) is 12.0. The molecule has 8 nitrogen and oxygen atoms in total. The predicted molar refractivity (Wildman–Crippen MR) is 130 cm³/mol. The molecule has 1 aromatic rings. The van der Waals surface area contributed by atoms with Gasteiger partial charge >= 0.3 is 0 Å². The van der Waals surface area contributed by atoms with Crippen molar-refractivity contribution in [2.75, 3.05) is 13.2 Å². The molecule has 0 bridgehead atoms. The number of nitrogens with one attached hydrogen (secondary N) is 2. The van der Waals surface area contributed by atoms with Gasteiger partial charge in [0.15, 0.2) is 0 Å². The van der Waals surface area contributed by atoms with Crippen molar-refractivity contribution in [3.63, 3.8) is 0 Å². The number of amides is 2. The molecule has 1 aliphatic rings. The number of hydrogen-bond acceptors (Lipinski definition) is 6. The van der Waals surface area contributed by atoms with E-state index in [0.29, 0.717) is 25.9 Å². The molecule has 0 aliphatic carbocycles. The highest BCUT2D eigenvalue weighted by Crippen LogP contribution is 2.46. The average molecular weight is 474 g/mol. The van der Waals surface area contributed by atoms with E-state index in [0.717, 1.165) is 5.56 Å². The fourth-order valence-electron chi connectivity index (χ4n) is 5.10. The normalized spacial score (nSPS) is 19.7. The van der Waals surface area contributed by atoms with E-state index in [9.17, 15) is 19.6 Å². The van der Waals surface area contributed by atoms with Crippen molar-refractivity contribution in [1.29, 1.82) is 0 Å². The molecule has 34 heavy (non-hydrogen) atoms. The number of nitrogens with two attached hydrogens (primary N) is 1. The van der Waals surface area contributed by atoms with Gasteiger partial charge in [0.05, 0.1) is 23.9 Å². The Balaban J connectivity index is 2.78. The highest BCUT2D eigenvalue weighted by molar-refractivity contribution is 5.98. The quantitative estimate of drug-likeness (QED) is 0.160. The molecule has 2 unspecified atom stereocenters. The molecule has 0 spiro atoms. The van der Waals surface area contributed by atoms with Gasteiger partial charge in [0.1, 0.15) is 5.78 Å². The monoisotopic (exact) mass is 473 g/mol. The summed E-state index contributed by atoms with van der Waals surface area (Å²) in [6.07, 6.45) is 4.76. The molecule has 1 saturated heterocycles. The van der Waals surface area contributed by atoms with Crippen LogP contribution in [0.3, 0.4) is 0 Å². The lowest BCUT2D eigenvalue weighted by atomic mass is 9.59. The number of hydrazine groups is 1. The Kier molecular flexibility index (Phi) is 10.4. The molecule has 188 valence electrons. The van der Waals surface area contributed by atoms with Crippen molar-refractivity contribution < 1.29 is 24.3 Å². The van der Waals surface area contributed by atoms with Gasteiger partial charge in [-0.15, -0.1) is 0 Å². The number of allylic oxidation sites excluding steroid dienone is 1. The topological polar surface area (TPSA) is 131 Å². The van der Waals surface area contributed by atoms with Crippen molar-refractivity contribution in [2.45, 2.75) is 47.0 Å². The molecular formula is C26H39N3O5. The number of hydrogen-bond donors (Lipinski definition) is 4. The Morgan fingerprint density at radius 2 is 1.82 bits per heavy atom. The molecule has 2 amide bonds. The van der Waals surface area contributed by atoms with Gasteiger partial charge in [-0.05, 0) is 36.7 Å². The molecule has 1 heterocycles. The van der Waals surface area contributed by atoms with Gasteiger partial charge < -0.3 is 4.74 Å². The van der Waals surface area contributed by atoms with Gasteiger partial charge in [-0.2, -0.15) is 0 Å². The second-order valence-corrected chi connectivity index (χ2v) is 10.0. The number of ether oxygens (including phenoxy) is 1. The molecular weight excluding hydrogens is 434 g/mol. The number of Topliss-reactive ketones (excluding diaryl/α,β-unsaturated/α-hetero) is 1. The lowest BCUT2D eigenvalue weighted by molar-refractivity contribution is -0.152. The summed E-state index contributed by atoms with van der Waals surface area (Å²) in [5, 5.41) is 9.75. The van der Waals surface area contributed by atoms with Gasteiger partial charge in [0, 0.05) is 12.5 Å². The van der Waals surface area contributed by atoms with E-state index in [1.807, 2.05) is 64.1 Å². The van der Waals surface area contributed by atoms with Crippen LogP contribution in [-0.2, 0) is 19.1 Å². The number of rotatable bonds is 12. The van der Waals surface area contributed by atoms with E-state index in [2.05, 4.69) is 5.43 Å². The van der Waals surface area contributed by atoms with Crippen LogP contribution in [-0.4, -0.2) is 36.0 Å². The van der Waals surface area contributed by atoms with E-state index in [-0.39, 0.29) is 24.2 Å². The van der Waals surface area contributed by atoms with Crippen molar-refractivity contribution in [2.24, 2.45) is 40.8 Å². The van der Waals surface area contributed by atoms with Crippen LogP contribution in [0.5, 0.6) is 0 Å². The summed E-state index contributed by atoms with van der Waals surface area (Å²) >= 11 is 0. The van der Waals surface area contributed by atoms with Gasteiger partial charge in [-0.25, -0.2) is 11.3 Å². The summed E-state index contributed by atoms with van der Waals surface area (Å²) < 4.78 is 5.51. The number of carbonyl (C=O) groups excluding carboxylic acids is 3. The summed E-state index contributed by atoms with van der Waals surface area (Å²) in [5.74, 6) is 1.59. The van der Waals surface area contributed by atoms with E-state index in [4.69, 9.17) is 10.6 Å². The first-order valence-electron chi connectivity index (χ1n) is 12.0. The molecule has 1 aliphatic heterocycles. The first-order chi connectivity index (χ1) is 16.2. The smallest absolute Gasteiger partial charge is 0.248 e. The van der Waals surface area contributed by atoms with Crippen LogP contribution < -0.4 is 16.7 Å². The predicted octanol–water partition coefficient (Wildman–Crippen LogP) is 3.11. The molecule has 8 heteroatoms. The minimum atomic E-state index is -1.36. The van der Waals surface area contributed by atoms with E-state index in [1.165, 1.54) is 0 Å². The summed E-state index contributed by atoms with van der Waals surface area (Å²) in [4.78, 5) is 40.5. The highest BCUT2D eigenvalue weighted by atomic mass is 16.5. The molecule has 0 aromatic heterocycles. The third-order valence-electron chi connectivity index (χ3n) is 6.43. The van der Waals surface area contributed by atoms with Crippen molar-refractivity contribution in [1.82, 2.24) is 10.9 Å². The second kappa shape index (κ2) is 12.8. The molecule has 0 saturated carbocycles. The van der Waals surface area contributed by atoms with Crippen LogP contribution in [0, 0.1) is 35.0 Å². The van der Waals surface area contributed by atoms with Crippen molar-refractivity contribution in [3.05, 3.63) is 42.0 Å². The van der Waals surface area contributed by atoms with Crippen molar-refractivity contribution in [3.8, 4) is 0 Å². The maximum Gasteiger partial charge on any atom is 0.248 e. The number of carbonyl (C=O) groups is 3. The number of ketones is 1. The van der Waals surface area contributed by atoms with Crippen LogP contribution in [0.15, 0.2) is 36.4 Å². The zero-order valence-electron chi connectivity index (χ0n) is 20.6. The Morgan fingerprint density at radius 3 is 2.32 bits per heavy atom. The number of benzene rings is 1. The Morgan fingerprint density at radius 1 is 1.15 bits per heavy atom. The average Bonchev–Trinajstić information content (AvgIpc) is 3.35. The second-order valence-electron chi connectivity index (χ2n) is 10.0. The molecule has 1 fully saturated rings. The lowest BCUT2D eigenvalue weighted by Crippen LogP contribution is -2.55. The van der Waals surface area contributed by atoms with Crippen LogP contribution in [0.25, 0.3) is 6.08 Å².